The molecule has 0 spiro atoms. The van der Waals surface area contributed by atoms with Crippen molar-refractivity contribution in [2.45, 2.75) is 90.4 Å². The minimum Gasteiger partial charge on any atom is -0.393 e. The predicted octanol–water partition coefficient (Wildman–Crippen LogP) is 3.71. The number of fused-ring (bicyclic) bond motifs is 5. The van der Waals surface area contributed by atoms with Crippen molar-refractivity contribution in [3.8, 4) is 0 Å². The summed E-state index contributed by atoms with van der Waals surface area (Å²) in [6.45, 7) is 6.45. The quantitative estimate of drug-likeness (QED) is 0.640. The van der Waals surface area contributed by atoms with Gasteiger partial charge in [-0.1, -0.05) is 13.8 Å². The molecule has 0 aromatic rings. The van der Waals surface area contributed by atoms with Gasteiger partial charge in [0.05, 0.1) is 6.10 Å². The van der Waals surface area contributed by atoms with Gasteiger partial charge in [0.1, 0.15) is 0 Å². The Bertz CT molecular complexity index is 498. The van der Waals surface area contributed by atoms with Crippen molar-refractivity contribution in [2.75, 3.05) is 0 Å². The van der Waals surface area contributed by atoms with Crippen molar-refractivity contribution in [3.63, 3.8) is 0 Å². The summed E-state index contributed by atoms with van der Waals surface area (Å²) in [5, 5.41) is 30.7. The highest BCUT2D eigenvalue weighted by Crippen LogP contribution is 2.68. The fraction of sp³-hybridized carbons (Fsp3) is 1.00. The van der Waals surface area contributed by atoms with Crippen molar-refractivity contribution in [1.29, 1.82) is 0 Å². The average Bonchev–Trinajstić information content (AvgIpc) is 2.85. The van der Waals surface area contributed by atoms with E-state index >= 15 is 0 Å². The van der Waals surface area contributed by atoms with Gasteiger partial charge in [-0.15, -0.1) is 0 Å². The average molecular weight is 337 g/mol. The monoisotopic (exact) mass is 336 g/mol. The van der Waals surface area contributed by atoms with E-state index in [9.17, 15) is 15.3 Å². The zero-order valence-corrected chi connectivity index (χ0v) is 15.7. The van der Waals surface area contributed by atoms with E-state index in [0.29, 0.717) is 17.3 Å². The maximum atomic E-state index is 10.3. The normalized spacial score (nSPS) is 54.8. The Morgan fingerprint density at radius 2 is 1.50 bits per heavy atom. The molecule has 0 bridgehead atoms. The summed E-state index contributed by atoms with van der Waals surface area (Å²) in [4.78, 5) is 0. The van der Waals surface area contributed by atoms with Crippen molar-refractivity contribution in [1.82, 2.24) is 0 Å². The molecule has 3 N–H and O–H groups in total. The molecule has 0 amide bonds. The third-order valence-corrected chi connectivity index (χ3v) is 9.30. The molecule has 4 aliphatic rings. The molecule has 0 heterocycles. The zero-order chi connectivity index (χ0) is 17.3. The summed E-state index contributed by atoms with van der Waals surface area (Å²) in [6, 6.07) is 0. The second-order valence-electron chi connectivity index (χ2n) is 10.4. The fourth-order valence-corrected chi connectivity index (χ4v) is 8.13. The lowest BCUT2D eigenvalue weighted by molar-refractivity contribution is -0.222. The molecule has 0 aliphatic heterocycles. The van der Waals surface area contributed by atoms with Gasteiger partial charge < -0.3 is 15.3 Å². The molecule has 24 heavy (non-hydrogen) atoms. The first kappa shape index (κ1) is 17.3. The molecule has 4 aliphatic carbocycles. The molecule has 0 aromatic carbocycles. The Morgan fingerprint density at radius 3 is 2.21 bits per heavy atom. The molecule has 4 saturated carbocycles. The van der Waals surface area contributed by atoms with Crippen LogP contribution in [0.5, 0.6) is 0 Å². The van der Waals surface area contributed by atoms with Crippen LogP contribution in [-0.4, -0.2) is 27.2 Å². The van der Waals surface area contributed by atoms with E-state index in [1.54, 1.807) is 6.92 Å². The lowest BCUT2D eigenvalue weighted by atomic mass is 9.44. The Morgan fingerprint density at radius 1 is 0.833 bits per heavy atom. The molecule has 0 aromatic heterocycles. The highest BCUT2D eigenvalue weighted by atomic mass is 16.5. The van der Waals surface area contributed by atoms with E-state index in [2.05, 4.69) is 13.8 Å². The Hall–Kier alpha value is -0.120. The van der Waals surface area contributed by atoms with Gasteiger partial charge in [-0.2, -0.15) is 0 Å². The largest absolute Gasteiger partial charge is 0.393 e. The minimum absolute atomic E-state index is 0.0228. The van der Waals surface area contributed by atoms with Gasteiger partial charge in [0.25, 0.3) is 0 Å². The molecule has 138 valence electrons. The number of rotatable bonds is 1. The van der Waals surface area contributed by atoms with Crippen molar-refractivity contribution in [3.05, 3.63) is 0 Å². The number of hydrogen-bond acceptors (Lipinski definition) is 3. The van der Waals surface area contributed by atoms with Crippen LogP contribution in [0.3, 0.4) is 0 Å². The van der Waals surface area contributed by atoms with Gasteiger partial charge in [0, 0.05) is 5.92 Å². The van der Waals surface area contributed by atoms with E-state index in [1.165, 1.54) is 32.1 Å². The van der Waals surface area contributed by atoms with Gasteiger partial charge >= 0.3 is 0 Å². The maximum Gasteiger partial charge on any atom is 0.163 e. The SMILES string of the molecule is CC(O)(O)[C@H]1CCC2C3CC[C@H]4C[C@@H](O)CC[C@]4(C)C3CC[C@@]21C. The summed E-state index contributed by atoms with van der Waals surface area (Å²) in [7, 11) is 0. The molecular weight excluding hydrogens is 300 g/mol. The van der Waals surface area contributed by atoms with Crippen molar-refractivity contribution in [2.24, 2.45) is 40.4 Å². The zero-order valence-electron chi connectivity index (χ0n) is 15.7. The molecule has 0 radical (unpaired) electrons. The second-order valence-corrected chi connectivity index (χ2v) is 10.4. The van der Waals surface area contributed by atoms with Gasteiger partial charge in [-0.25, -0.2) is 0 Å². The molecule has 3 nitrogen and oxygen atoms in total. The van der Waals surface area contributed by atoms with Gasteiger partial charge in [0.15, 0.2) is 5.79 Å². The summed E-state index contributed by atoms with van der Waals surface area (Å²) < 4.78 is 0. The summed E-state index contributed by atoms with van der Waals surface area (Å²) in [6.07, 6.45) is 10.2. The Kier molecular flexibility index (Phi) is 3.92. The second kappa shape index (κ2) is 5.44. The van der Waals surface area contributed by atoms with Crippen molar-refractivity contribution >= 4 is 0 Å². The van der Waals surface area contributed by atoms with E-state index in [4.69, 9.17) is 0 Å². The lowest BCUT2D eigenvalue weighted by Gasteiger charge is -2.61. The van der Waals surface area contributed by atoms with E-state index in [1.807, 2.05) is 0 Å². The van der Waals surface area contributed by atoms with E-state index in [-0.39, 0.29) is 17.4 Å². The van der Waals surface area contributed by atoms with E-state index < -0.39 is 5.79 Å². The smallest absolute Gasteiger partial charge is 0.163 e. The number of hydrogen-bond donors (Lipinski definition) is 3. The summed E-state index contributed by atoms with van der Waals surface area (Å²) in [5.74, 6) is 1.38. The topological polar surface area (TPSA) is 60.7 Å². The van der Waals surface area contributed by atoms with Gasteiger partial charge in [-0.3, -0.25) is 0 Å². The van der Waals surface area contributed by atoms with E-state index in [0.717, 1.165) is 37.5 Å². The first-order valence-electron chi connectivity index (χ1n) is 10.3. The summed E-state index contributed by atoms with van der Waals surface area (Å²) >= 11 is 0. The fourth-order valence-electron chi connectivity index (χ4n) is 8.13. The van der Waals surface area contributed by atoms with Crippen LogP contribution < -0.4 is 0 Å². The highest BCUT2D eigenvalue weighted by molar-refractivity contribution is 5.10. The van der Waals surface area contributed by atoms with Crippen LogP contribution >= 0.6 is 0 Å². The molecule has 3 heteroatoms. The number of aliphatic hydroxyl groups excluding tert-OH is 1. The molecule has 4 rings (SSSR count). The molecule has 0 saturated heterocycles. The van der Waals surface area contributed by atoms with Crippen LogP contribution in [-0.2, 0) is 0 Å². The predicted molar refractivity (Wildman–Crippen MR) is 94.1 cm³/mol. The highest BCUT2D eigenvalue weighted by Gasteiger charge is 2.62. The first-order chi connectivity index (χ1) is 11.2. The maximum absolute atomic E-state index is 10.3. The Balaban J connectivity index is 1.61. The minimum atomic E-state index is -1.54. The van der Waals surface area contributed by atoms with Crippen molar-refractivity contribution < 1.29 is 15.3 Å². The lowest BCUT2D eigenvalue weighted by Crippen LogP contribution is -2.55. The molecule has 8 atom stereocenters. The standard InChI is InChI=1S/C21H36O3/c1-19-10-8-14(22)12-13(19)4-5-15-16-6-7-18(21(3,23)24)20(16,2)11-9-17(15)19/h13-18,22-24H,4-12H2,1-3H3/t13-,14-,15?,16?,17?,18-,19-,20-/m0/s1. The summed E-state index contributed by atoms with van der Waals surface area (Å²) in [5.41, 5.74) is 0.500. The van der Waals surface area contributed by atoms with Crippen LogP contribution in [0.1, 0.15) is 78.6 Å². The first-order valence-corrected chi connectivity index (χ1v) is 10.3. The number of aliphatic hydroxyl groups is 3. The Labute approximate surface area is 146 Å². The van der Waals surface area contributed by atoms with Gasteiger partial charge in [-0.05, 0) is 99.2 Å². The molecule has 3 unspecified atom stereocenters. The van der Waals surface area contributed by atoms with Crippen LogP contribution in [0.2, 0.25) is 0 Å². The van der Waals surface area contributed by atoms with Crippen LogP contribution in [0, 0.1) is 40.4 Å². The van der Waals surface area contributed by atoms with Crippen LogP contribution in [0.25, 0.3) is 0 Å². The van der Waals surface area contributed by atoms with Crippen LogP contribution in [0.15, 0.2) is 0 Å². The molecular formula is C21H36O3. The third kappa shape index (κ3) is 2.34. The van der Waals surface area contributed by atoms with Crippen LogP contribution in [0.4, 0.5) is 0 Å². The van der Waals surface area contributed by atoms with Gasteiger partial charge in [0.2, 0.25) is 0 Å². The molecule has 4 fully saturated rings. The third-order valence-electron chi connectivity index (χ3n) is 9.30.